The van der Waals surface area contributed by atoms with E-state index in [4.69, 9.17) is 4.74 Å². The Morgan fingerprint density at radius 2 is 2.20 bits per heavy atom. The minimum atomic E-state index is -0.357. The van der Waals surface area contributed by atoms with Crippen LogP contribution in [0.4, 0.5) is 0 Å². The first-order valence-electron chi connectivity index (χ1n) is 7.13. The second-order valence-corrected chi connectivity index (χ2v) is 5.88. The molecule has 1 aromatic carbocycles. The summed E-state index contributed by atoms with van der Waals surface area (Å²) in [6, 6.07) is 10.5. The summed E-state index contributed by atoms with van der Waals surface area (Å²) in [4.78, 5) is 1.21. The van der Waals surface area contributed by atoms with Gasteiger partial charge in [0, 0.05) is 4.90 Å². The Kier molecular flexibility index (Phi) is 7.50. The van der Waals surface area contributed by atoms with E-state index in [0.717, 1.165) is 37.3 Å². The number of nitrogens with zero attached hydrogens (tertiary/aromatic N) is 1. The van der Waals surface area contributed by atoms with Gasteiger partial charge in [0.05, 0.1) is 13.2 Å². The maximum Gasteiger partial charge on any atom is 0.119 e. The Morgan fingerprint density at radius 3 is 2.80 bits per heavy atom. The molecule has 0 aliphatic heterocycles. The molecule has 0 saturated heterocycles. The van der Waals surface area contributed by atoms with E-state index in [1.54, 1.807) is 7.11 Å². The lowest BCUT2D eigenvalue weighted by Crippen LogP contribution is -2.43. The fourth-order valence-corrected chi connectivity index (χ4v) is 3.06. The number of nitriles is 1. The molecule has 0 bridgehead atoms. The number of benzene rings is 1. The number of hydrogen-bond acceptors (Lipinski definition) is 4. The molecule has 4 heteroatoms. The molecule has 1 unspecified atom stereocenters. The third-order valence-corrected chi connectivity index (χ3v) is 4.47. The average molecular weight is 292 g/mol. The van der Waals surface area contributed by atoms with Crippen LogP contribution >= 0.6 is 11.8 Å². The number of methoxy groups -OCH3 is 1. The van der Waals surface area contributed by atoms with Crippen molar-refractivity contribution in [2.75, 3.05) is 19.4 Å². The van der Waals surface area contributed by atoms with Gasteiger partial charge >= 0.3 is 0 Å². The Balaban J connectivity index is 2.42. The van der Waals surface area contributed by atoms with Gasteiger partial charge in [-0.05, 0) is 49.8 Å². The highest BCUT2D eigenvalue weighted by Gasteiger charge is 2.25. The molecule has 0 fully saturated rings. The zero-order chi connectivity index (χ0) is 14.8. The van der Waals surface area contributed by atoms with Crippen LogP contribution < -0.4 is 10.1 Å². The molecule has 1 aromatic rings. The molecular formula is C16H24N2OS. The van der Waals surface area contributed by atoms with Crippen LogP contribution in [0.15, 0.2) is 29.2 Å². The number of rotatable bonds is 9. The van der Waals surface area contributed by atoms with Gasteiger partial charge in [0.15, 0.2) is 0 Å². The van der Waals surface area contributed by atoms with Crippen LogP contribution in [0.2, 0.25) is 0 Å². The normalized spacial score (nSPS) is 13.5. The van der Waals surface area contributed by atoms with Crippen LogP contribution in [0.1, 0.15) is 33.1 Å². The molecule has 0 aromatic heterocycles. The Bertz CT molecular complexity index is 444. The van der Waals surface area contributed by atoms with Crippen LogP contribution in [-0.2, 0) is 0 Å². The lowest BCUT2D eigenvalue weighted by molar-refractivity contribution is 0.379. The first kappa shape index (κ1) is 16.9. The van der Waals surface area contributed by atoms with Crippen molar-refractivity contribution in [3.63, 3.8) is 0 Å². The van der Waals surface area contributed by atoms with Gasteiger partial charge < -0.3 is 4.74 Å². The molecule has 1 N–H and O–H groups in total. The van der Waals surface area contributed by atoms with Crippen molar-refractivity contribution in [1.29, 1.82) is 5.26 Å². The zero-order valence-electron chi connectivity index (χ0n) is 12.6. The molecule has 20 heavy (non-hydrogen) atoms. The largest absolute Gasteiger partial charge is 0.497 e. The molecule has 0 radical (unpaired) electrons. The molecule has 0 aliphatic rings. The Hall–Kier alpha value is -1.18. The first-order chi connectivity index (χ1) is 9.69. The van der Waals surface area contributed by atoms with Gasteiger partial charge in [-0.15, -0.1) is 11.8 Å². The maximum absolute atomic E-state index is 9.36. The lowest BCUT2D eigenvalue weighted by atomic mass is 9.92. The fraction of sp³-hybridized carbons (Fsp3) is 0.562. The second-order valence-electron chi connectivity index (χ2n) is 4.71. The van der Waals surface area contributed by atoms with Gasteiger partial charge in [-0.25, -0.2) is 0 Å². The molecule has 0 amide bonds. The van der Waals surface area contributed by atoms with Crippen LogP contribution in [-0.4, -0.2) is 24.9 Å². The van der Waals surface area contributed by atoms with E-state index < -0.39 is 0 Å². The summed E-state index contributed by atoms with van der Waals surface area (Å²) in [5.74, 6) is 1.91. The molecular weight excluding hydrogens is 268 g/mol. The summed E-state index contributed by atoms with van der Waals surface area (Å²) in [6.45, 7) is 4.96. The summed E-state index contributed by atoms with van der Waals surface area (Å²) in [5.41, 5.74) is -0.357. The Labute approximate surface area is 126 Å². The SMILES string of the molecule is CCNC(C#N)(CC)CCCSc1cccc(OC)c1. The van der Waals surface area contributed by atoms with Crippen molar-refractivity contribution in [3.05, 3.63) is 24.3 Å². The van der Waals surface area contributed by atoms with Crippen molar-refractivity contribution in [3.8, 4) is 11.8 Å². The van der Waals surface area contributed by atoms with Crippen LogP contribution in [0, 0.1) is 11.3 Å². The summed E-state index contributed by atoms with van der Waals surface area (Å²) in [6.07, 6.45) is 2.77. The van der Waals surface area contributed by atoms with Gasteiger partial charge in [-0.1, -0.05) is 19.9 Å². The van der Waals surface area contributed by atoms with Crippen LogP contribution in [0.5, 0.6) is 5.75 Å². The molecule has 110 valence electrons. The third kappa shape index (κ3) is 5.07. The van der Waals surface area contributed by atoms with E-state index in [1.165, 1.54) is 4.90 Å². The fourth-order valence-electron chi connectivity index (χ4n) is 2.16. The molecule has 1 atom stereocenters. The van der Waals surface area contributed by atoms with E-state index in [0.29, 0.717) is 0 Å². The molecule has 0 heterocycles. The van der Waals surface area contributed by atoms with Crippen molar-refractivity contribution >= 4 is 11.8 Å². The van der Waals surface area contributed by atoms with Gasteiger partial charge in [0.2, 0.25) is 0 Å². The number of hydrogen-bond donors (Lipinski definition) is 1. The summed E-state index contributed by atoms with van der Waals surface area (Å²) < 4.78 is 5.22. The molecule has 0 aliphatic carbocycles. The summed E-state index contributed by atoms with van der Waals surface area (Å²) in [5, 5.41) is 12.7. The second kappa shape index (κ2) is 8.89. The highest BCUT2D eigenvalue weighted by atomic mass is 32.2. The predicted molar refractivity (Wildman–Crippen MR) is 85.3 cm³/mol. The van der Waals surface area contributed by atoms with Gasteiger partial charge in [0.25, 0.3) is 0 Å². The van der Waals surface area contributed by atoms with E-state index in [9.17, 15) is 5.26 Å². The van der Waals surface area contributed by atoms with Crippen LogP contribution in [0.3, 0.4) is 0 Å². The number of ether oxygens (including phenoxy) is 1. The van der Waals surface area contributed by atoms with E-state index in [-0.39, 0.29) is 5.54 Å². The van der Waals surface area contributed by atoms with Gasteiger partial charge in [-0.2, -0.15) is 5.26 Å². The van der Waals surface area contributed by atoms with E-state index in [1.807, 2.05) is 36.9 Å². The molecule has 1 rings (SSSR count). The smallest absolute Gasteiger partial charge is 0.119 e. The van der Waals surface area contributed by atoms with E-state index >= 15 is 0 Å². The van der Waals surface area contributed by atoms with Gasteiger partial charge in [0.1, 0.15) is 11.3 Å². The molecule has 3 nitrogen and oxygen atoms in total. The maximum atomic E-state index is 9.36. The zero-order valence-corrected chi connectivity index (χ0v) is 13.4. The first-order valence-corrected chi connectivity index (χ1v) is 8.11. The quantitative estimate of drug-likeness (QED) is 0.554. The molecule has 0 saturated carbocycles. The standard InChI is InChI=1S/C16H24N2OS/c1-4-16(13-17,18-5-2)10-7-11-20-15-9-6-8-14(12-15)19-3/h6,8-9,12,18H,4-5,7,10-11H2,1-3H3. The monoisotopic (exact) mass is 292 g/mol. The number of nitrogens with one attached hydrogen (secondary N) is 1. The topological polar surface area (TPSA) is 45.0 Å². The number of thioether (sulfide) groups is 1. The molecule has 0 spiro atoms. The minimum absolute atomic E-state index is 0.357. The highest BCUT2D eigenvalue weighted by Crippen LogP contribution is 2.25. The minimum Gasteiger partial charge on any atom is -0.497 e. The summed E-state index contributed by atoms with van der Waals surface area (Å²) in [7, 11) is 1.68. The van der Waals surface area contributed by atoms with Gasteiger partial charge in [-0.3, -0.25) is 5.32 Å². The summed E-state index contributed by atoms with van der Waals surface area (Å²) >= 11 is 1.81. The van der Waals surface area contributed by atoms with Crippen molar-refractivity contribution in [2.45, 2.75) is 43.5 Å². The Morgan fingerprint density at radius 1 is 1.40 bits per heavy atom. The van der Waals surface area contributed by atoms with Crippen LogP contribution in [0.25, 0.3) is 0 Å². The third-order valence-electron chi connectivity index (χ3n) is 3.39. The van der Waals surface area contributed by atoms with Crippen molar-refractivity contribution < 1.29 is 4.74 Å². The lowest BCUT2D eigenvalue weighted by Gasteiger charge is -2.25. The highest BCUT2D eigenvalue weighted by molar-refractivity contribution is 7.99. The van der Waals surface area contributed by atoms with Crippen molar-refractivity contribution in [1.82, 2.24) is 5.32 Å². The van der Waals surface area contributed by atoms with E-state index in [2.05, 4.69) is 24.4 Å². The average Bonchev–Trinajstić information content (AvgIpc) is 2.50. The predicted octanol–water partition coefficient (Wildman–Crippen LogP) is 3.85. The van der Waals surface area contributed by atoms with Crippen molar-refractivity contribution in [2.24, 2.45) is 0 Å².